The maximum Gasteiger partial charge on any atom is 0.193 e. The predicted octanol–water partition coefficient (Wildman–Crippen LogP) is 2.10. The van der Waals surface area contributed by atoms with Gasteiger partial charge in [0.05, 0.1) is 0 Å². The van der Waals surface area contributed by atoms with Gasteiger partial charge in [0.1, 0.15) is 5.82 Å². The van der Waals surface area contributed by atoms with E-state index in [1.165, 1.54) is 37.8 Å². The zero-order valence-corrected chi connectivity index (χ0v) is 14.0. The quantitative estimate of drug-likeness (QED) is 0.686. The van der Waals surface area contributed by atoms with Crippen LogP contribution in [-0.2, 0) is 6.54 Å². The summed E-state index contributed by atoms with van der Waals surface area (Å²) in [7, 11) is 5.91. The predicted molar refractivity (Wildman–Crippen MR) is 91.2 cm³/mol. The van der Waals surface area contributed by atoms with Gasteiger partial charge in [-0.05, 0) is 42.4 Å². The molecule has 0 aromatic carbocycles. The highest BCUT2D eigenvalue weighted by atomic mass is 15.3. The second-order valence-electron chi connectivity index (χ2n) is 6.84. The summed E-state index contributed by atoms with van der Waals surface area (Å²) in [6, 6.07) is 4.18. The van der Waals surface area contributed by atoms with Crippen LogP contribution in [0.4, 0.5) is 5.82 Å². The van der Waals surface area contributed by atoms with Crippen molar-refractivity contribution in [2.24, 2.45) is 10.4 Å². The molecule has 1 aliphatic carbocycles. The lowest BCUT2D eigenvalue weighted by molar-refractivity contribution is 0.151. The van der Waals surface area contributed by atoms with Crippen molar-refractivity contribution in [3.8, 4) is 0 Å². The Balaban J connectivity index is 1.59. The van der Waals surface area contributed by atoms with Gasteiger partial charge < -0.3 is 15.1 Å². The fourth-order valence-electron chi connectivity index (χ4n) is 3.53. The Morgan fingerprint density at radius 3 is 2.82 bits per heavy atom. The summed E-state index contributed by atoms with van der Waals surface area (Å²) in [6.07, 6.45) is 7.40. The first-order valence-corrected chi connectivity index (χ1v) is 8.20. The molecule has 1 saturated carbocycles. The Bertz CT molecular complexity index is 548. The summed E-state index contributed by atoms with van der Waals surface area (Å²) in [5.41, 5.74) is 1.84. The number of anilines is 1. The average molecular weight is 301 g/mol. The number of aromatic nitrogens is 1. The first kappa shape index (κ1) is 15.1. The van der Waals surface area contributed by atoms with Crippen LogP contribution >= 0.6 is 0 Å². The summed E-state index contributed by atoms with van der Waals surface area (Å²) in [5.74, 6) is 2.02. The van der Waals surface area contributed by atoms with Crippen molar-refractivity contribution in [2.45, 2.75) is 32.2 Å². The lowest BCUT2D eigenvalue weighted by atomic mass is 9.68. The second-order valence-corrected chi connectivity index (χ2v) is 6.84. The molecule has 1 saturated heterocycles. The standard InChI is InChI=1S/C17H27N5/c1-18-16(22-10-8-17(13-22)6-4-7-17)20-12-14-5-9-19-15(11-14)21(2)3/h5,9,11H,4,6-8,10,12-13H2,1-3H3,(H,18,20). The van der Waals surface area contributed by atoms with Crippen molar-refractivity contribution >= 4 is 11.8 Å². The SMILES string of the molecule is CN=C(NCc1ccnc(N(C)C)c1)N1CCC2(CCC2)C1. The van der Waals surface area contributed by atoms with Gasteiger partial charge in [-0.15, -0.1) is 0 Å². The highest BCUT2D eigenvalue weighted by Crippen LogP contribution is 2.47. The van der Waals surface area contributed by atoms with Gasteiger partial charge in [0.25, 0.3) is 0 Å². The Morgan fingerprint density at radius 1 is 1.41 bits per heavy atom. The minimum Gasteiger partial charge on any atom is -0.363 e. The Kier molecular flexibility index (Phi) is 4.23. The Hall–Kier alpha value is -1.78. The number of nitrogens with one attached hydrogen (secondary N) is 1. The van der Waals surface area contributed by atoms with Crippen LogP contribution in [0.5, 0.6) is 0 Å². The van der Waals surface area contributed by atoms with E-state index < -0.39 is 0 Å². The third-order valence-electron chi connectivity index (χ3n) is 5.08. The van der Waals surface area contributed by atoms with Crippen molar-refractivity contribution in [1.82, 2.24) is 15.2 Å². The highest BCUT2D eigenvalue weighted by Gasteiger charge is 2.43. The molecule has 2 fully saturated rings. The van der Waals surface area contributed by atoms with Gasteiger partial charge in [-0.2, -0.15) is 0 Å². The molecule has 0 radical (unpaired) electrons. The van der Waals surface area contributed by atoms with Crippen molar-refractivity contribution < 1.29 is 0 Å². The maximum atomic E-state index is 4.47. The molecule has 1 aromatic rings. The lowest BCUT2D eigenvalue weighted by Crippen LogP contribution is -2.42. The van der Waals surface area contributed by atoms with E-state index in [2.05, 4.69) is 32.3 Å². The molecule has 120 valence electrons. The lowest BCUT2D eigenvalue weighted by Gasteiger charge is -2.38. The third-order valence-corrected chi connectivity index (χ3v) is 5.08. The number of hydrogen-bond acceptors (Lipinski definition) is 3. The van der Waals surface area contributed by atoms with Crippen molar-refractivity contribution in [2.75, 3.05) is 39.1 Å². The fraction of sp³-hybridized carbons (Fsp3) is 0.647. The van der Waals surface area contributed by atoms with Crippen LogP contribution in [-0.4, -0.2) is 50.1 Å². The molecule has 0 bridgehead atoms. The number of likely N-dealkylation sites (tertiary alicyclic amines) is 1. The van der Waals surface area contributed by atoms with Crippen molar-refractivity contribution in [3.63, 3.8) is 0 Å². The summed E-state index contributed by atoms with van der Waals surface area (Å²) < 4.78 is 0. The molecule has 0 unspecified atom stereocenters. The van der Waals surface area contributed by atoms with Crippen LogP contribution in [0.25, 0.3) is 0 Å². The topological polar surface area (TPSA) is 43.8 Å². The molecule has 1 spiro atoms. The van der Waals surface area contributed by atoms with Gasteiger partial charge in [0.15, 0.2) is 5.96 Å². The third kappa shape index (κ3) is 3.03. The molecule has 1 N–H and O–H groups in total. The normalized spacial score (nSPS) is 20.1. The molecule has 1 aromatic heterocycles. The molecule has 3 rings (SSSR count). The number of pyridine rings is 1. The minimum atomic E-state index is 0.604. The van der Waals surface area contributed by atoms with Gasteiger partial charge >= 0.3 is 0 Å². The van der Waals surface area contributed by atoms with Gasteiger partial charge in [0, 0.05) is 47.0 Å². The van der Waals surface area contributed by atoms with Crippen LogP contribution in [0.1, 0.15) is 31.2 Å². The second kappa shape index (κ2) is 6.15. The molecule has 22 heavy (non-hydrogen) atoms. The van der Waals surface area contributed by atoms with Crippen LogP contribution in [0, 0.1) is 5.41 Å². The molecule has 1 aliphatic heterocycles. The van der Waals surface area contributed by atoms with E-state index in [9.17, 15) is 0 Å². The summed E-state index contributed by atoms with van der Waals surface area (Å²) in [4.78, 5) is 13.3. The van der Waals surface area contributed by atoms with Crippen LogP contribution in [0.3, 0.4) is 0 Å². The average Bonchev–Trinajstić information content (AvgIpc) is 2.94. The van der Waals surface area contributed by atoms with E-state index in [0.29, 0.717) is 5.41 Å². The van der Waals surface area contributed by atoms with E-state index in [1.54, 1.807) is 0 Å². The zero-order valence-electron chi connectivity index (χ0n) is 14.0. The molecule has 2 aliphatic rings. The largest absolute Gasteiger partial charge is 0.363 e. The summed E-state index contributed by atoms with van der Waals surface area (Å²) in [5, 5.41) is 3.51. The monoisotopic (exact) mass is 301 g/mol. The number of rotatable bonds is 3. The molecule has 5 nitrogen and oxygen atoms in total. The highest BCUT2D eigenvalue weighted by molar-refractivity contribution is 5.80. The van der Waals surface area contributed by atoms with Crippen LogP contribution in [0.15, 0.2) is 23.3 Å². The number of hydrogen-bond donors (Lipinski definition) is 1. The Morgan fingerprint density at radius 2 is 2.23 bits per heavy atom. The molecule has 5 heteroatoms. The van der Waals surface area contributed by atoms with Gasteiger partial charge in [-0.25, -0.2) is 4.98 Å². The molecule has 0 amide bonds. The van der Waals surface area contributed by atoms with E-state index in [0.717, 1.165) is 24.9 Å². The number of aliphatic imine (C=N–C) groups is 1. The number of nitrogens with zero attached hydrogens (tertiary/aromatic N) is 4. The van der Waals surface area contributed by atoms with Gasteiger partial charge in [-0.1, -0.05) is 6.42 Å². The summed E-state index contributed by atoms with van der Waals surface area (Å²) in [6.45, 7) is 3.10. The maximum absolute atomic E-state index is 4.47. The first-order chi connectivity index (χ1) is 10.6. The molecule has 0 atom stereocenters. The summed E-state index contributed by atoms with van der Waals surface area (Å²) >= 11 is 0. The van der Waals surface area contributed by atoms with Crippen LogP contribution < -0.4 is 10.2 Å². The van der Waals surface area contributed by atoms with Gasteiger partial charge in [-0.3, -0.25) is 4.99 Å². The van der Waals surface area contributed by atoms with Crippen molar-refractivity contribution in [3.05, 3.63) is 23.9 Å². The molecule has 2 heterocycles. The van der Waals surface area contributed by atoms with E-state index in [-0.39, 0.29) is 0 Å². The smallest absolute Gasteiger partial charge is 0.193 e. The Labute approximate surface area is 133 Å². The zero-order chi connectivity index (χ0) is 15.6. The minimum absolute atomic E-state index is 0.604. The van der Waals surface area contributed by atoms with E-state index >= 15 is 0 Å². The van der Waals surface area contributed by atoms with Crippen LogP contribution in [0.2, 0.25) is 0 Å². The first-order valence-electron chi connectivity index (χ1n) is 8.20. The molecular weight excluding hydrogens is 274 g/mol. The molecular formula is C17H27N5. The van der Waals surface area contributed by atoms with Crippen molar-refractivity contribution in [1.29, 1.82) is 0 Å². The number of guanidine groups is 1. The van der Waals surface area contributed by atoms with Gasteiger partial charge in [0.2, 0.25) is 0 Å². The van der Waals surface area contributed by atoms with E-state index in [4.69, 9.17) is 0 Å². The fourth-order valence-corrected chi connectivity index (χ4v) is 3.53. The van der Waals surface area contributed by atoms with E-state index in [1.807, 2.05) is 32.2 Å².